The summed E-state index contributed by atoms with van der Waals surface area (Å²) in [6.45, 7) is 14.2. The first-order valence-corrected chi connectivity index (χ1v) is 22.9. The van der Waals surface area contributed by atoms with Gasteiger partial charge in [-0.3, -0.25) is 14.4 Å². The van der Waals surface area contributed by atoms with Crippen molar-refractivity contribution >= 4 is 36.0 Å². The molecule has 16 heteroatoms. The molecule has 66 heavy (non-hydrogen) atoms. The maximum absolute atomic E-state index is 14.3. The largest absolute Gasteiger partial charge is 0.445 e. The molecule has 0 spiro atoms. The van der Waals surface area contributed by atoms with Crippen LogP contribution in [0.25, 0.3) is 0 Å². The number of hydrogen-bond acceptors (Lipinski definition) is 10. The number of nitrogens with one attached hydrogen (secondary N) is 5. The van der Waals surface area contributed by atoms with Crippen LogP contribution >= 0.6 is 0 Å². The Bertz CT molecular complexity index is 1910. The minimum absolute atomic E-state index is 0.0368. The van der Waals surface area contributed by atoms with E-state index in [1.807, 2.05) is 119 Å². The second kappa shape index (κ2) is 29.4. The Morgan fingerprint density at radius 3 is 1.45 bits per heavy atom. The van der Waals surface area contributed by atoms with Crippen molar-refractivity contribution in [1.82, 2.24) is 31.5 Å². The number of carbonyl (C=O) groups excluding carboxylic acids is 6. The molecule has 3 aromatic carbocycles. The molecule has 0 radical (unpaired) electrons. The topological polar surface area (TPSA) is 203 Å². The second-order valence-corrected chi connectivity index (χ2v) is 17.9. The van der Waals surface area contributed by atoms with Crippen LogP contribution in [0, 0.1) is 11.8 Å². The number of ether oxygens (including phenoxy) is 4. The Morgan fingerprint density at radius 2 is 0.955 bits per heavy atom. The van der Waals surface area contributed by atoms with E-state index in [2.05, 4.69) is 26.6 Å². The standard InChI is InChI=1S/C50H72N6O10/c1-36(2)30-41(53-47(60)64-33-39-22-13-9-14-23-39)44(57)52-27-19-29-56(46(59)42(31-37(3)4)54-48(61)65-34-40-24-15-10-16-25-40)28-18-17-26-51-45(58)43(55-49(62)66-50(5,6)7)35-63-32-38-20-11-8-12-21-38/h8-16,20-25,36-37,41-43H,17-19,26-35H2,1-7H3,(H,51,58)(H,52,57)(H,53,60)(H,54,61)(H,55,62)/t41-,42-,43-/m0/s1. The third-order valence-electron chi connectivity index (χ3n) is 9.81. The second-order valence-electron chi connectivity index (χ2n) is 17.9. The summed E-state index contributed by atoms with van der Waals surface area (Å²) < 4.78 is 22.0. The molecule has 3 rings (SSSR count). The summed E-state index contributed by atoms with van der Waals surface area (Å²) in [6.07, 6.45) is -0.122. The quantitative estimate of drug-likeness (QED) is 0.0391. The highest BCUT2D eigenvalue weighted by molar-refractivity contribution is 5.87. The fraction of sp³-hybridized carbons (Fsp3) is 0.520. The van der Waals surface area contributed by atoms with Gasteiger partial charge >= 0.3 is 18.3 Å². The maximum Gasteiger partial charge on any atom is 0.408 e. The summed E-state index contributed by atoms with van der Waals surface area (Å²) in [5, 5.41) is 13.9. The number of rotatable bonds is 27. The van der Waals surface area contributed by atoms with Crippen molar-refractivity contribution in [2.45, 2.75) is 124 Å². The van der Waals surface area contributed by atoms with E-state index in [-0.39, 0.29) is 76.3 Å². The van der Waals surface area contributed by atoms with Gasteiger partial charge in [0.25, 0.3) is 0 Å². The van der Waals surface area contributed by atoms with Crippen LogP contribution in [0.2, 0.25) is 0 Å². The van der Waals surface area contributed by atoms with Gasteiger partial charge in [0.15, 0.2) is 0 Å². The molecule has 3 atom stereocenters. The Kier molecular flexibility index (Phi) is 24.1. The molecule has 16 nitrogen and oxygen atoms in total. The molecular weight excluding hydrogens is 845 g/mol. The first-order valence-electron chi connectivity index (χ1n) is 22.9. The van der Waals surface area contributed by atoms with Gasteiger partial charge in [0.1, 0.15) is 36.9 Å². The fourth-order valence-electron chi connectivity index (χ4n) is 6.63. The van der Waals surface area contributed by atoms with Crippen molar-refractivity contribution in [2.75, 3.05) is 32.8 Å². The number of alkyl carbamates (subject to hydrolysis) is 3. The molecular formula is C50H72N6O10. The van der Waals surface area contributed by atoms with Crippen molar-refractivity contribution in [3.8, 4) is 0 Å². The van der Waals surface area contributed by atoms with E-state index in [4.69, 9.17) is 18.9 Å². The molecule has 0 aliphatic heterocycles. The third kappa shape index (κ3) is 23.2. The monoisotopic (exact) mass is 917 g/mol. The molecule has 5 N–H and O–H groups in total. The van der Waals surface area contributed by atoms with Gasteiger partial charge in [-0.2, -0.15) is 0 Å². The highest BCUT2D eigenvalue weighted by Gasteiger charge is 2.29. The van der Waals surface area contributed by atoms with Crippen molar-refractivity contribution < 1.29 is 47.7 Å². The van der Waals surface area contributed by atoms with Crippen molar-refractivity contribution in [3.63, 3.8) is 0 Å². The SMILES string of the molecule is CC(C)C[C@H](NC(=O)OCc1ccccc1)C(=O)NCCCN(CCCCNC(=O)[C@H](COCc1ccccc1)NC(=O)OC(C)(C)C)C(=O)[C@H](CC(C)C)NC(=O)OCc1ccccc1. The third-order valence-corrected chi connectivity index (χ3v) is 9.81. The molecule has 0 aromatic heterocycles. The predicted molar refractivity (Wildman–Crippen MR) is 252 cm³/mol. The van der Waals surface area contributed by atoms with Gasteiger partial charge in [0.05, 0.1) is 13.2 Å². The van der Waals surface area contributed by atoms with Gasteiger partial charge in [-0.1, -0.05) is 119 Å². The van der Waals surface area contributed by atoms with E-state index < -0.39 is 47.9 Å². The lowest BCUT2D eigenvalue weighted by Gasteiger charge is -2.29. The summed E-state index contributed by atoms with van der Waals surface area (Å²) in [6, 6.07) is 25.2. The lowest BCUT2D eigenvalue weighted by molar-refractivity contribution is -0.134. The summed E-state index contributed by atoms with van der Waals surface area (Å²) in [5.41, 5.74) is 1.76. The van der Waals surface area contributed by atoms with E-state index in [0.29, 0.717) is 32.1 Å². The van der Waals surface area contributed by atoms with Crippen LogP contribution in [0.5, 0.6) is 0 Å². The normalized spacial score (nSPS) is 12.6. The summed E-state index contributed by atoms with van der Waals surface area (Å²) in [4.78, 5) is 81.0. The van der Waals surface area contributed by atoms with Crippen LogP contribution in [0.15, 0.2) is 91.0 Å². The van der Waals surface area contributed by atoms with E-state index >= 15 is 0 Å². The van der Waals surface area contributed by atoms with Crippen LogP contribution in [-0.2, 0) is 53.2 Å². The lowest BCUT2D eigenvalue weighted by atomic mass is 10.0. The lowest BCUT2D eigenvalue weighted by Crippen LogP contribution is -2.51. The number of hydrogen-bond donors (Lipinski definition) is 5. The Labute approximate surface area is 390 Å². The summed E-state index contributed by atoms with van der Waals surface area (Å²) >= 11 is 0. The number of nitrogens with zero attached hydrogens (tertiary/aromatic N) is 1. The molecule has 0 heterocycles. The average molecular weight is 917 g/mol. The highest BCUT2D eigenvalue weighted by atomic mass is 16.6. The molecule has 0 fully saturated rings. The summed E-state index contributed by atoms with van der Waals surface area (Å²) in [7, 11) is 0. The maximum atomic E-state index is 14.3. The van der Waals surface area contributed by atoms with Gasteiger partial charge in [-0.15, -0.1) is 0 Å². The molecule has 0 aliphatic rings. The van der Waals surface area contributed by atoms with Crippen molar-refractivity contribution in [1.29, 1.82) is 0 Å². The zero-order valence-corrected chi connectivity index (χ0v) is 39.8. The van der Waals surface area contributed by atoms with Gasteiger partial charge < -0.3 is 50.4 Å². The molecule has 3 aromatic rings. The number of amides is 6. The first-order chi connectivity index (χ1) is 31.5. The number of unbranched alkanes of at least 4 members (excludes halogenated alkanes) is 1. The van der Waals surface area contributed by atoms with Crippen LogP contribution < -0.4 is 26.6 Å². The van der Waals surface area contributed by atoms with Crippen molar-refractivity contribution in [3.05, 3.63) is 108 Å². The minimum atomic E-state index is -1.03. The van der Waals surface area contributed by atoms with Crippen LogP contribution in [0.1, 0.15) is 97.3 Å². The van der Waals surface area contributed by atoms with E-state index in [0.717, 1.165) is 16.7 Å². The molecule has 6 amide bonds. The Morgan fingerprint density at radius 1 is 0.530 bits per heavy atom. The Balaban J connectivity index is 1.64. The zero-order valence-electron chi connectivity index (χ0n) is 39.8. The zero-order chi connectivity index (χ0) is 48.3. The van der Waals surface area contributed by atoms with E-state index in [1.165, 1.54) is 0 Å². The van der Waals surface area contributed by atoms with Gasteiger partial charge in [0, 0.05) is 26.2 Å². The van der Waals surface area contributed by atoms with Gasteiger partial charge in [-0.25, -0.2) is 14.4 Å². The van der Waals surface area contributed by atoms with E-state index in [1.54, 1.807) is 25.7 Å². The van der Waals surface area contributed by atoms with E-state index in [9.17, 15) is 28.8 Å². The Hall–Kier alpha value is -6.16. The molecule has 0 bridgehead atoms. The molecule has 0 saturated carbocycles. The molecule has 362 valence electrons. The number of benzene rings is 3. The van der Waals surface area contributed by atoms with Gasteiger partial charge in [0.2, 0.25) is 17.7 Å². The van der Waals surface area contributed by atoms with Crippen LogP contribution in [-0.4, -0.2) is 97.4 Å². The van der Waals surface area contributed by atoms with Crippen molar-refractivity contribution in [2.24, 2.45) is 11.8 Å². The molecule has 0 aliphatic carbocycles. The summed E-state index contributed by atoms with van der Waals surface area (Å²) in [5.74, 6) is -0.998. The first kappa shape index (κ1) is 54.2. The van der Waals surface area contributed by atoms with Crippen LogP contribution in [0.4, 0.5) is 14.4 Å². The molecule has 0 saturated heterocycles. The fourth-order valence-corrected chi connectivity index (χ4v) is 6.63. The number of carbonyl (C=O) groups is 6. The highest BCUT2D eigenvalue weighted by Crippen LogP contribution is 2.13. The smallest absolute Gasteiger partial charge is 0.408 e. The van der Waals surface area contributed by atoms with Crippen LogP contribution in [0.3, 0.4) is 0 Å². The average Bonchev–Trinajstić information content (AvgIpc) is 3.27. The molecule has 0 unspecified atom stereocenters. The van der Waals surface area contributed by atoms with Gasteiger partial charge in [-0.05, 0) is 81.4 Å². The minimum Gasteiger partial charge on any atom is -0.445 e. The predicted octanol–water partition coefficient (Wildman–Crippen LogP) is 7.01.